The Labute approximate surface area is 117 Å². The van der Waals surface area contributed by atoms with E-state index < -0.39 is 0 Å². The summed E-state index contributed by atoms with van der Waals surface area (Å²) in [4.78, 5) is 15.5. The molecular formula is C15H16N2O3. The molecule has 5 heteroatoms. The average Bonchev–Trinajstić information content (AvgIpc) is 2.52. The number of pyridine rings is 1. The predicted octanol–water partition coefficient (Wildman–Crippen LogP) is 1.79. The van der Waals surface area contributed by atoms with Crippen LogP contribution in [-0.2, 0) is 11.3 Å². The summed E-state index contributed by atoms with van der Waals surface area (Å²) in [6.07, 6.45) is 3.22. The molecule has 0 saturated heterocycles. The summed E-state index contributed by atoms with van der Waals surface area (Å²) in [5, 5.41) is 2.78. The predicted molar refractivity (Wildman–Crippen MR) is 74.6 cm³/mol. The van der Waals surface area contributed by atoms with E-state index >= 15 is 0 Å². The number of ether oxygens (including phenoxy) is 2. The van der Waals surface area contributed by atoms with Gasteiger partial charge in [-0.2, -0.15) is 0 Å². The van der Waals surface area contributed by atoms with Crippen molar-refractivity contribution in [3.05, 3.63) is 54.4 Å². The third-order valence-corrected chi connectivity index (χ3v) is 2.65. The van der Waals surface area contributed by atoms with E-state index in [0.717, 1.165) is 11.3 Å². The van der Waals surface area contributed by atoms with Crippen LogP contribution >= 0.6 is 0 Å². The Morgan fingerprint density at radius 3 is 2.65 bits per heavy atom. The first kappa shape index (κ1) is 13.9. The van der Waals surface area contributed by atoms with Crippen LogP contribution in [0.2, 0.25) is 0 Å². The van der Waals surface area contributed by atoms with Crippen LogP contribution in [0.4, 0.5) is 0 Å². The number of hydrogen-bond acceptors (Lipinski definition) is 4. The fourth-order valence-electron chi connectivity index (χ4n) is 1.58. The van der Waals surface area contributed by atoms with Gasteiger partial charge >= 0.3 is 0 Å². The fourth-order valence-corrected chi connectivity index (χ4v) is 1.58. The highest BCUT2D eigenvalue weighted by molar-refractivity contribution is 5.77. The minimum atomic E-state index is -0.176. The lowest BCUT2D eigenvalue weighted by Crippen LogP contribution is -2.28. The first-order chi connectivity index (χ1) is 9.78. The zero-order valence-electron chi connectivity index (χ0n) is 11.2. The first-order valence-corrected chi connectivity index (χ1v) is 6.20. The Morgan fingerprint density at radius 1 is 1.20 bits per heavy atom. The van der Waals surface area contributed by atoms with Crippen LogP contribution in [-0.4, -0.2) is 24.6 Å². The zero-order chi connectivity index (χ0) is 14.2. The highest BCUT2D eigenvalue weighted by Crippen LogP contribution is 2.11. The van der Waals surface area contributed by atoms with E-state index in [1.54, 1.807) is 31.6 Å². The number of hydrogen-bond donors (Lipinski definition) is 1. The number of amides is 1. The van der Waals surface area contributed by atoms with E-state index in [9.17, 15) is 4.79 Å². The molecule has 104 valence electrons. The van der Waals surface area contributed by atoms with Gasteiger partial charge in [0.2, 0.25) is 0 Å². The van der Waals surface area contributed by atoms with Crippen LogP contribution in [0, 0.1) is 0 Å². The van der Waals surface area contributed by atoms with Crippen molar-refractivity contribution >= 4 is 5.91 Å². The van der Waals surface area contributed by atoms with Crippen molar-refractivity contribution in [2.45, 2.75) is 6.54 Å². The van der Waals surface area contributed by atoms with Crippen LogP contribution in [0.1, 0.15) is 5.56 Å². The second kappa shape index (κ2) is 7.13. The molecule has 1 N–H and O–H groups in total. The van der Waals surface area contributed by atoms with E-state index in [4.69, 9.17) is 9.47 Å². The summed E-state index contributed by atoms with van der Waals surface area (Å²) >= 11 is 0. The lowest BCUT2D eigenvalue weighted by molar-refractivity contribution is -0.123. The lowest BCUT2D eigenvalue weighted by atomic mass is 10.2. The van der Waals surface area contributed by atoms with Crippen molar-refractivity contribution < 1.29 is 14.3 Å². The van der Waals surface area contributed by atoms with Gasteiger partial charge in [-0.25, -0.2) is 0 Å². The van der Waals surface area contributed by atoms with Crippen molar-refractivity contribution in [2.24, 2.45) is 0 Å². The summed E-state index contributed by atoms with van der Waals surface area (Å²) in [6.45, 7) is 0.432. The van der Waals surface area contributed by atoms with Crippen molar-refractivity contribution in [3.63, 3.8) is 0 Å². The Balaban J connectivity index is 1.74. The van der Waals surface area contributed by atoms with Crippen LogP contribution in [0.3, 0.4) is 0 Å². The van der Waals surface area contributed by atoms with Crippen LogP contribution in [0.25, 0.3) is 0 Å². The highest BCUT2D eigenvalue weighted by Gasteiger charge is 2.03. The molecule has 0 aliphatic heterocycles. The van der Waals surface area contributed by atoms with E-state index in [2.05, 4.69) is 10.3 Å². The van der Waals surface area contributed by atoms with Gasteiger partial charge in [-0.05, 0) is 29.8 Å². The Kier molecular flexibility index (Phi) is 4.94. The average molecular weight is 272 g/mol. The summed E-state index contributed by atoms with van der Waals surface area (Å²) in [7, 11) is 1.62. The maximum absolute atomic E-state index is 11.6. The molecule has 1 amide bonds. The summed E-state index contributed by atoms with van der Waals surface area (Å²) in [5.74, 6) is 1.19. The first-order valence-electron chi connectivity index (χ1n) is 6.20. The van der Waals surface area contributed by atoms with Gasteiger partial charge in [-0.3, -0.25) is 9.78 Å². The van der Waals surface area contributed by atoms with Gasteiger partial charge in [0, 0.05) is 12.7 Å². The number of carbonyl (C=O) groups excluding carboxylic acids is 1. The van der Waals surface area contributed by atoms with E-state index in [0.29, 0.717) is 12.3 Å². The topological polar surface area (TPSA) is 60.5 Å². The van der Waals surface area contributed by atoms with Gasteiger partial charge in [0.25, 0.3) is 5.91 Å². The molecule has 0 aliphatic carbocycles. The summed E-state index contributed by atoms with van der Waals surface area (Å²) in [5.41, 5.74) is 1.00. The second-order valence-electron chi connectivity index (χ2n) is 4.10. The molecule has 0 aliphatic rings. The van der Waals surface area contributed by atoms with Crippen LogP contribution in [0.5, 0.6) is 11.5 Å². The Bertz CT molecular complexity index is 541. The molecule has 0 spiro atoms. The molecule has 0 unspecified atom stereocenters. The molecule has 1 aromatic carbocycles. The molecule has 2 aromatic rings. The molecule has 0 radical (unpaired) electrons. The summed E-state index contributed by atoms with van der Waals surface area (Å²) < 4.78 is 10.4. The molecule has 0 atom stereocenters. The van der Waals surface area contributed by atoms with E-state index in [-0.39, 0.29) is 12.5 Å². The largest absolute Gasteiger partial charge is 0.497 e. The summed E-state index contributed by atoms with van der Waals surface area (Å²) in [6, 6.07) is 11.0. The van der Waals surface area contributed by atoms with E-state index in [1.807, 2.05) is 24.3 Å². The molecule has 1 aromatic heterocycles. The maximum atomic E-state index is 11.6. The lowest BCUT2D eigenvalue weighted by Gasteiger charge is -2.07. The van der Waals surface area contributed by atoms with E-state index in [1.165, 1.54) is 0 Å². The molecule has 0 saturated carbocycles. The number of nitrogens with one attached hydrogen (secondary N) is 1. The third-order valence-electron chi connectivity index (χ3n) is 2.65. The molecule has 1 heterocycles. The minimum Gasteiger partial charge on any atom is -0.497 e. The molecule has 0 fully saturated rings. The van der Waals surface area contributed by atoms with Gasteiger partial charge in [-0.1, -0.05) is 12.1 Å². The quantitative estimate of drug-likeness (QED) is 0.871. The van der Waals surface area contributed by atoms with Crippen molar-refractivity contribution in [2.75, 3.05) is 13.7 Å². The minimum absolute atomic E-state index is 0.0259. The fraction of sp³-hybridized carbons (Fsp3) is 0.200. The van der Waals surface area contributed by atoms with Crippen LogP contribution < -0.4 is 14.8 Å². The number of nitrogens with zero attached hydrogens (tertiary/aromatic N) is 1. The maximum Gasteiger partial charge on any atom is 0.258 e. The van der Waals surface area contributed by atoms with Crippen LogP contribution in [0.15, 0.2) is 48.8 Å². The van der Waals surface area contributed by atoms with Gasteiger partial charge < -0.3 is 14.8 Å². The Morgan fingerprint density at radius 2 is 2.00 bits per heavy atom. The van der Waals surface area contributed by atoms with Gasteiger partial charge in [0.15, 0.2) is 6.61 Å². The smallest absolute Gasteiger partial charge is 0.258 e. The highest BCUT2D eigenvalue weighted by atomic mass is 16.5. The standard InChI is InChI=1S/C15H16N2O3/c1-19-13-6-4-12(5-7-13)9-17-15(18)11-20-14-3-2-8-16-10-14/h2-8,10H,9,11H2,1H3,(H,17,18). The number of methoxy groups -OCH3 is 1. The molecule has 20 heavy (non-hydrogen) atoms. The zero-order valence-corrected chi connectivity index (χ0v) is 11.2. The monoisotopic (exact) mass is 272 g/mol. The second-order valence-corrected chi connectivity index (χ2v) is 4.10. The molecule has 2 rings (SSSR count). The van der Waals surface area contributed by atoms with Gasteiger partial charge in [-0.15, -0.1) is 0 Å². The number of rotatable bonds is 6. The molecule has 5 nitrogen and oxygen atoms in total. The van der Waals surface area contributed by atoms with Gasteiger partial charge in [0.05, 0.1) is 13.3 Å². The van der Waals surface area contributed by atoms with Crippen molar-refractivity contribution in [1.29, 1.82) is 0 Å². The van der Waals surface area contributed by atoms with Crippen molar-refractivity contribution in [1.82, 2.24) is 10.3 Å². The third kappa shape index (κ3) is 4.28. The number of carbonyl (C=O) groups is 1. The van der Waals surface area contributed by atoms with Crippen molar-refractivity contribution in [3.8, 4) is 11.5 Å². The van der Waals surface area contributed by atoms with Gasteiger partial charge in [0.1, 0.15) is 11.5 Å². The number of benzene rings is 1. The molecular weight excluding hydrogens is 256 g/mol. The molecule has 0 bridgehead atoms. The SMILES string of the molecule is COc1ccc(CNC(=O)COc2cccnc2)cc1. The Hall–Kier alpha value is -2.56. The normalized spacial score (nSPS) is 9.85. The number of aromatic nitrogens is 1.